The van der Waals surface area contributed by atoms with Crippen molar-refractivity contribution in [2.75, 3.05) is 15.4 Å². The summed E-state index contributed by atoms with van der Waals surface area (Å²) >= 11 is 0. The summed E-state index contributed by atoms with van der Waals surface area (Å²) in [5.74, 6) is 1.60. The SMILES string of the molecule is O=C(Nc1ccc(S(=O)(=O)Nc2ccc(F)cc2)cc1)c1ccc2c(c1)[C@@H]1[C@H]3CC[C@@H](C3)[C@H]1[C@H](c1ccccc1)N2. The molecule has 8 heteroatoms. The number of benzene rings is 4. The summed E-state index contributed by atoms with van der Waals surface area (Å²) in [7, 11) is -3.86. The Labute approximate surface area is 239 Å². The Kier molecular flexibility index (Phi) is 6.31. The Bertz CT molecular complexity index is 1710. The maximum Gasteiger partial charge on any atom is 0.261 e. The van der Waals surface area contributed by atoms with Crippen LogP contribution in [0.5, 0.6) is 0 Å². The fourth-order valence-electron chi connectivity index (χ4n) is 7.27. The fourth-order valence-corrected chi connectivity index (χ4v) is 8.33. The van der Waals surface area contributed by atoms with Gasteiger partial charge in [0.2, 0.25) is 0 Å². The predicted octanol–water partition coefficient (Wildman–Crippen LogP) is 7.18. The number of sulfonamides is 1. The fraction of sp³-hybridized carbons (Fsp3) is 0.242. The minimum atomic E-state index is -3.86. The molecule has 0 spiro atoms. The zero-order valence-electron chi connectivity index (χ0n) is 22.3. The van der Waals surface area contributed by atoms with E-state index in [9.17, 15) is 17.6 Å². The number of carbonyl (C=O) groups is 1. The lowest BCUT2D eigenvalue weighted by Crippen LogP contribution is -2.35. The number of anilines is 3. The lowest BCUT2D eigenvalue weighted by atomic mass is 9.68. The van der Waals surface area contributed by atoms with Gasteiger partial charge in [-0.1, -0.05) is 30.3 Å². The highest BCUT2D eigenvalue weighted by Gasteiger charge is 2.53. The zero-order chi connectivity index (χ0) is 28.1. The molecule has 2 aliphatic carbocycles. The van der Waals surface area contributed by atoms with Gasteiger partial charge < -0.3 is 10.6 Å². The number of amides is 1. The molecule has 0 unspecified atom stereocenters. The smallest absolute Gasteiger partial charge is 0.261 e. The van der Waals surface area contributed by atoms with Crippen molar-refractivity contribution in [1.82, 2.24) is 0 Å². The molecule has 3 N–H and O–H groups in total. The molecular weight excluding hydrogens is 537 g/mol. The molecule has 3 aliphatic rings. The van der Waals surface area contributed by atoms with Crippen LogP contribution in [0.15, 0.2) is 102 Å². The van der Waals surface area contributed by atoms with Gasteiger partial charge in [-0.05, 0) is 121 Å². The number of nitrogens with one attached hydrogen (secondary N) is 3. The van der Waals surface area contributed by atoms with Crippen molar-refractivity contribution in [3.8, 4) is 0 Å². The lowest BCUT2D eigenvalue weighted by Gasteiger charge is -2.43. The summed E-state index contributed by atoms with van der Waals surface area (Å²) in [4.78, 5) is 13.3. The van der Waals surface area contributed by atoms with Gasteiger partial charge in [0.05, 0.1) is 10.9 Å². The van der Waals surface area contributed by atoms with Crippen LogP contribution < -0.4 is 15.4 Å². The van der Waals surface area contributed by atoms with E-state index < -0.39 is 15.8 Å². The number of rotatable bonds is 6. The van der Waals surface area contributed by atoms with Gasteiger partial charge in [0.25, 0.3) is 15.9 Å². The molecular formula is C33H30FN3O3S. The molecule has 2 saturated carbocycles. The van der Waals surface area contributed by atoms with E-state index in [1.54, 1.807) is 12.1 Å². The van der Waals surface area contributed by atoms with Gasteiger partial charge in [-0.2, -0.15) is 0 Å². The first kappa shape index (κ1) is 25.8. The molecule has 5 atom stereocenters. The first-order valence-electron chi connectivity index (χ1n) is 14.0. The van der Waals surface area contributed by atoms with Crippen molar-refractivity contribution < 1.29 is 17.6 Å². The monoisotopic (exact) mass is 567 g/mol. The highest BCUT2D eigenvalue weighted by atomic mass is 32.2. The Hall–Kier alpha value is -4.17. The van der Waals surface area contributed by atoms with Crippen LogP contribution in [0.3, 0.4) is 0 Å². The minimum absolute atomic E-state index is 0.0370. The second-order valence-corrected chi connectivity index (χ2v) is 13.0. The second kappa shape index (κ2) is 10.0. The molecule has 1 heterocycles. The van der Waals surface area contributed by atoms with Crippen LogP contribution in [0.2, 0.25) is 0 Å². The van der Waals surface area contributed by atoms with Crippen LogP contribution in [0, 0.1) is 23.6 Å². The molecule has 41 heavy (non-hydrogen) atoms. The normalized spacial score (nSPS) is 24.2. The highest BCUT2D eigenvalue weighted by molar-refractivity contribution is 7.92. The van der Waals surface area contributed by atoms with E-state index >= 15 is 0 Å². The maximum absolute atomic E-state index is 13.3. The van der Waals surface area contributed by atoms with Gasteiger partial charge >= 0.3 is 0 Å². The highest BCUT2D eigenvalue weighted by Crippen LogP contribution is 2.63. The second-order valence-electron chi connectivity index (χ2n) is 11.4. The van der Waals surface area contributed by atoms with E-state index in [2.05, 4.69) is 45.7 Å². The lowest BCUT2D eigenvalue weighted by molar-refractivity contribution is 0.102. The van der Waals surface area contributed by atoms with Crippen molar-refractivity contribution >= 4 is 33.0 Å². The summed E-state index contributed by atoms with van der Waals surface area (Å²) in [6.45, 7) is 0. The number of hydrogen-bond acceptors (Lipinski definition) is 4. The van der Waals surface area contributed by atoms with Crippen molar-refractivity contribution in [1.29, 1.82) is 0 Å². The quantitative estimate of drug-likeness (QED) is 0.230. The Balaban J connectivity index is 1.10. The minimum Gasteiger partial charge on any atom is -0.378 e. The number of halogens is 1. The number of carbonyl (C=O) groups excluding carboxylic acids is 1. The molecule has 6 nitrogen and oxygen atoms in total. The maximum atomic E-state index is 13.3. The van der Waals surface area contributed by atoms with Crippen molar-refractivity contribution in [3.63, 3.8) is 0 Å². The van der Waals surface area contributed by atoms with E-state index in [0.29, 0.717) is 34.9 Å². The molecule has 208 valence electrons. The van der Waals surface area contributed by atoms with E-state index in [1.807, 2.05) is 18.2 Å². The molecule has 1 amide bonds. The molecule has 0 aromatic heterocycles. The van der Waals surface area contributed by atoms with Crippen LogP contribution >= 0.6 is 0 Å². The molecule has 0 saturated heterocycles. The molecule has 4 aromatic carbocycles. The van der Waals surface area contributed by atoms with E-state index in [0.717, 1.165) is 5.69 Å². The topological polar surface area (TPSA) is 87.3 Å². The molecule has 4 aromatic rings. The van der Waals surface area contributed by atoms with Crippen molar-refractivity contribution in [3.05, 3.63) is 120 Å². The first-order chi connectivity index (χ1) is 19.9. The average Bonchev–Trinajstić information content (AvgIpc) is 3.62. The van der Waals surface area contributed by atoms with Crippen LogP contribution in [0.25, 0.3) is 0 Å². The van der Waals surface area contributed by atoms with Crippen LogP contribution in [-0.2, 0) is 10.0 Å². The summed E-state index contributed by atoms with van der Waals surface area (Å²) in [5.41, 5.74) is 5.00. The Morgan fingerprint density at radius 1 is 0.829 bits per heavy atom. The Morgan fingerprint density at radius 2 is 1.54 bits per heavy atom. The average molecular weight is 568 g/mol. The van der Waals surface area contributed by atoms with Gasteiger partial charge in [0.15, 0.2) is 0 Å². The molecule has 1 aliphatic heterocycles. The molecule has 0 radical (unpaired) electrons. The number of hydrogen-bond donors (Lipinski definition) is 3. The zero-order valence-corrected chi connectivity index (χ0v) is 23.1. The van der Waals surface area contributed by atoms with Crippen LogP contribution in [0.4, 0.5) is 21.5 Å². The van der Waals surface area contributed by atoms with Gasteiger partial charge in [0.1, 0.15) is 5.82 Å². The summed E-state index contributed by atoms with van der Waals surface area (Å²) in [6.07, 6.45) is 3.77. The Morgan fingerprint density at radius 3 is 2.29 bits per heavy atom. The van der Waals surface area contributed by atoms with Crippen molar-refractivity contribution in [2.45, 2.75) is 36.1 Å². The summed E-state index contributed by atoms with van der Waals surface area (Å²) in [5, 5.41) is 6.72. The molecule has 2 bridgehead atoms. The van der Waals surface area contributed by atoms with Gasteiger partial charge in [-0.25, -0.2) is 12.8 Å². The third-order valence-corrected chi connectivity index (χ3v) is 10.4. The summed E-state index contributed by atoms with van der Waals surface area (Å²) in [6, 6.07) is 28.0. The van der Waals surface area contributed by atoms with E-state index in [-0.39, 0.29) is 22.5 Å². The molecule has 2 fully saturated rings. The predicted molar refractivity (Wildman–Crippen MR) is 158 cm³/mol. The standard InChI is InChI=1S/C33H30FN3O3S/c34-24-9-11-26(12-10-24)37-41(39,40)27-15-13-25(14-16-27)35-33(38)23-8-17-29-28(19-23)30-21-6-7-22(18-21)31(30)32(36-29)20-4-2-1-3-5-20/h1-5,8-17,19,21-22,30-32,36-37H,6-7,18H2,(H,35,38)/t21-,22-,30-,31+,32-/m0/s1. The number of fused-ring (bicyclic) bond motifs is 7. The molecule has 7 rings (SSSR count). The third-order valence-electron chi connectivity index (χ3n) is 9.03. The van der Waals surface area contributed by atoms with Gasteiger partial charge in [-0.3, -0.25) is 9.52 Å². The first-order valence-corrected chi connectivity index (χ1v) is 15.5. The third kappa shape index (κ3) is 4.76. The van der Waals surface area contributed by atoms with Crippen molar-refractivity contribution in [2.24, 2.45) is 17.8 Å². The van der Waals surface area contributed by atoms with E-state index in [4.69, 9.17) is 0 Å². The van der Waals surface area contributed by atoms with Gasteiger partial charge in [0, 0.05) is 22.6 Å². The van der Waals surface area contributed by atoms with Gasteiger partial charge in [-0.15, -0.1) is 0 Å². The van der Waals surface area contributed by atoms with Crippen LogP contribution in [-0.4, -0.2) is 14.3 Å². The van der Waals surface area contributed by atoms with E-state index in [1.165, 1.54) is 66.8 Å². The largest absolute Gasteiger partial charge is 0.378 e. The van der Waals surface area contributed by atoms with Crippen LogP contribution in [0.1, 0.15) is 52.7 Å². The summed E-state index contributed by atoms with van der Waals surface area (Å²) < 4.78 is 41.1.